The third-order valence-corrected chi connectivity index (χ3v) is 2.64. The second kappa shape index (κ2) is 5.42. The SMILES string of the molecule is N#Cc1ccc(F)c(Cl)c1NC(=O)c1ccncn1. The largest absolute Gasteiger partial charge is 0.318 e. The van der Waals surface area contributed by atoms with Gasteiger partial charge in [-0.1, -0.05) is 11.6 Å². The summed E-state index contributed by atoms with van der Waals surface area (Å²) >= 11 is 5.74. The van der Waals surface area contributed by atoms with Crippen molar-refractivity contribution in [2.45, 2.75) is 0 Å². The van der Waals surface area contributed by atoms with Crippen molar-refractivity contribution in [2.24, 2.45) is 0 Å². The van der Waals surface area contributed by atoms with Crippen LogP contribution in [-0.4, -0.2) is 15.9 Å². The van der Waals surface area contributed by atoms with Crippen molar-refractivity contribution < 1.29 is 9.18 Å². The van der Waals surface area contributed by atoms with Gasteiger partial charge in [-0.2, -0.15) is 5.26 Å². The summed E-state index contributed by atoms with van der Waals surface area (Å²) in [7, 11) is 0. The fourth-order valence-electron chi connectivity index (χ4n) is 1.37. The van der Waals surface area contributed by atoms with E-state index in [-0.39, 0.29) is 22.0 Å². The van der Waals surface area contributed by atoms with E-state index in [1.807, 2.05) is 6.07 Å². The van der Waals surface area contributed by atoms with Crippen LogP contribution in [0.15, 0.2) is 30.7 Å². The zero-order valence-electron chi connectivity index (χ0n) is 9.39. The predicted octanol–water partition coefficient (Wildman–Crippen LogP) is 2.39. The monoisotopic (exact) mass is 276 g/mol. The lowest BCUT2D eigenvalue weighted by atomic mass is 10.2. The van der Waals surface area contributed by atoms with Crippen LogP contribution in [0, 0.1) is 17.1 Å². The molecule has 2 aromatic rings. The number of aromatic nitrogens is 2. The molecule has 0 aliphatic rings. The minimum absolute atomic E-state index is 0.0637. The Labute approximate surface area is 112 Å². The molecule has 2 rings (SSSR count). The number of hydrogen-bond donors (Lipinski definition) is 1. The molecular weight excluding hydrogens is 271 g/mol. The molecule has 0 saturated carbocycles. The van der Waals surface area contributed by atoms with Gasteiger partial charge >= 0.3 is 0 Å². The number of nitrogens with one attached hydrogen (secondary N) is 1. The maximum absolute atomic E-state index is 13.3. The molecule has 0 radical (unpaired) electrons. The number of rotatable bonds is 2. The number of carbonyl (C=O) groups excluding carboxylic acids is 1. The Hall–Kier alpha value is -2.52. The van der Waals surface area contributed by atoms with Gasteiger partial charge in [0.2, 0.25) is 0 Å². The smallest absolute Gasteiger partial charge is 0.274 e. The Morgan fingerprint density at radius 1 is 1.42 bits per heavy atom. The Bertz CT molecular complexity index is 669. The first-order chi connectivity index (χ1) is 9.13. The summed E-state index contributed by atoms with van der Waals surface area (Å²) in [6.45, 7) is 0. The van der Waals surface area contributed by atoms with Crippen LogP contribution in [0.25, 0.3) is 0 Å². The fourth-order valence-corrected chi connectivity index (χ4v) is 1.58. The van der Waals surface area contributed by atoms with Gasteiger partial charge in [-0.15, -0.1) is 0 Å². The van der Waals surface area contributed by atoms with Crippen molar-refractivity contribution in [1.29, 1.82) is 5.26 Å². The van der Waals surface area contributed by atoms with Crippen LogP contribution >= 0.6 is 11.6 Å². The Balaban J connectivity index is 2.37. The average molecular weight is 277 g/mol. The predicted molar refractivity (Wildman–Crippen MR) is 66.1 cm³/mol. The number of hydrogen-bond acceptors (Lipinski definition) is 4. The molecule has 0 atom stereocenters. The Morgan fingerprint density at radius 3 is 2.84 bits per heavy atom. The summed E-state index contributed by atoms with van der Waals surface area (Å²) in [5.41, 5.74) is 0.0702. The van der Waals surface area contributed by atoms with E-state index in [1.54, 1.807) is 0 Å². The lowest BCUT2D eigenvalue weighted by Crippen LogP contribution is -2.15. The second-order valence-electron chi connectivity index (χ2n) is 3.44. The zero-order valence-corrected chi connectivity index (χ0v) is 10.1. The maximum atomic E-state index is 13.3. The van der Waals surface area contributed by atoms with E-state index < -0.39 is 11.7 Å². The summed E-state index contributed by atoms with van der Waals surface area (Å²) in [6.07, 6.45) is 2.59. The lowest BCUT2D eigenvalue weighted by molar-refractivity contribution is 0.102. The van der Waals surface area contributed by atoms with Crippen molar-refractivity contribution in [3.05, 3.63) is 52.8 Å². The lowest BCUT2D eigenvalue weighted by Gasteiger charge is -2.09. The van der Waals surface area contributed by atoms with E-state index in [4.69, 9.17) is 16.9 Å². The first kappa shape index (κ1) is 12.9. The fraction of sp³-hybridized carbons (Fsp3) is 0. The van der Waals surface area contributed by atoms with E-state index in [0.29, 0.717) is 0 Å². The van der Waals surface area contributed by atoms with Crippen LogP contribution in [-0.2, 0) is 0 Å². The number of carbonyl (C=O) groups is 1. The van der Waals surface area contributed by atoms with E-state index in [1.165, 1.54) is 24.7 Å². The topological polar surface area (TPSA) is 78.7 Å². The van der Waals surface area contributed by atoms with Crippen molar-refractivity contribution in [2.75, 3.05) is 5.32 Å². The molecule has 1 N–H and O–H groups in total. The van der Waals surface area contributed by atoms with Crippen LogP contribution in [0.5, 0.6) is 0 Å². The molecule has 0 unspecified atom stereocenters. The highest BCUT2D eigenvalue weighted by atomic mass is 35.5. The van der Waals surface area contributed by atoms with Gasteiger partial charge in [0.1, 0.15) is 28.9 Å². The van der Waals surface area contributed by atoms with E-state index in [0.717, 1.165) is 6.07 Å². The highest BCUT2D eigenvalue weighted by Crippen LogP contribution is 2.28. The minimum Gasteiger partial charge on any atom is -0.318 e. The summed E-state index contributed by atoms with van der Waals surface area (Å²) in [4.78, 5) is 19.3. The maximum Gasteiger partial charge on any atom is 0.274 e. The molecule has 0 spiro atoms. The number of benzene rings is 1. The first-order valence-electron chi connectivity index (χ1n) is 5.09. The summed E-state index contributed by atoms with van der Waals surface area (Å²) < 4.78 is 13.3. The second-order valence-corrected chi connectivity index (χ2v) is 3.82. The molecule has 0 bridgehead atoms. The quantitative estimate of drug-likeness (QED) is 0.913. The van der Waals surface area contributed by atoms with Crippen molar-refractivity contribution in [3.63, 3.8) is 0 Å². The van der Waals surface area contributed by atoms with Gasteiger partial charge < -0.3 is 5.32 Å². The number of anilines is 1. The van der Waals surface area contributed by atoms with Crippen molar-refractivity contribution in [3.8, 4) is 6.07 Å². The van der Waals surface area contributed by atoms with Crippen LogP contribution < -0.4 is 5.32 Å². The van der Waals surface area contributed by atoms with Gasteiger partial charge in [0.25, 0.3) is 5.91 Å². The first-order valence-corrected chi connectivity index (χ1v) is 5.46. The molecule has 7 heteroatoms. The summed E-state index contributed by atoms with van der Waals surface area (Å²) in [5, 5.41) is 11.0. The van der Waals surface area contributed by atoms with Gasteiger partial charge in [0.05, 0.1) is 11.3 Å². The molecule has 1 amide bonds. The van der Waals surface area contributed by atoms with Crippen LogP contribution in [0.3, 0.4) is 0 Å². The summed E-state index contributed by atoms with van der Waals surface area (Å²) in [5.74, 6) is -1.33. The Morgan fingerprint density at radius 2 is 2.21 bits per heavy atom. The zero-order chi connectivity index (χ0) is 13.8. The molecule has 0 aliphatic carbocycles. The molecule has 5 nitrogen and oxygen atoms in total. The van der Waals surface area contributed by atoms with Crippen LogP contribution in [0.2, 0.25) is 5.02 Å². The molecule has 19 heavy (non-hydrogen) atoms. The van der Waals surface area contributed by atoms with Gasteiger partial charge in [-0.25, -0.2) is 14.4 Å². The Kier molecular flexibility index (Phi) is 3.68. The standard InChI is InChI=1S/C12H6ClFN4O/c13-10-8(14)2-1-7(5-15)11(10)18-12(19)9-3-4-16-6-17-9/h1-4,6H,(H,18,19). The third-order valence-electron chi connectivity index (χ3n) is 2.27. The van der Waals surface area contributed by atoms with Crippen LogP contribution in [0.1, 0.15) is 16.1 Å². The minimum atomic E-state index is -0.723. The molecule has 0 fully saturated rings. The number of halogens is 2. The molecular formula is C12H6ClFN4O. The number of nitrogens with zero attached hydrogens (tertiary/aromatic N) is 3. The van der Waals surface area contributed by atoms with E-state index >= 15 is 0 Å². The van der Waals surface area contributed by atoms with Gasteiger partial charge in [-0.05, 0) is 18.2 Å². The van der Waals surface area contributed by atoms with E-state index in [2.05, 4.69) is 15.3 Å². The molecule has 0 aliphatic heterocycles. The number of nitriles is 1. The highest BCUT2D eigenvalue weighted by molar-refractivity contribution is 6.34. The summed E-state index contributed by atoms with van der Waals surface area (Å²) in [6, 6.07) is 5.50. The highest BCUT2D eigenvalue weighted by Gasteiger charge is 2.16. The van der Waals surface area contributed by atoms with Crippen molar-refractivity contribution >= 4 is 23.2 Å². The average Bonchev–Trinajstić information content (AvgIpc) is 2.45. The van der Waals surface area contributed by atoms with Crippen molar-refractivity contribution in [1.82, 2.24) is 9.97 Å². The molecule has 1 heterocycles. The van der Waals surface area contributed by atoms with Gasteiger partial charge in [0.15, 0.2) is 0 Å². The molecule has 1 aromatic carbocycles. The van der Waals surface area contributed by atoms with Gasteiger partial charge in [0, 0.05) is 6.20 Å². The van der Waals surface area contributed by atoms with Gasteiger partial charge in [-0.3, -0.25) is 4.79 Å². The third kappa shape index (κ3) is 2.67. The van der Waals surface area contributed by atoms with Crippen LogP contribution in [0.4, 0.5) is 10.1 Å². The molecule has 1 aromatic heterocycles. The van der Waals surface area contributed by atoms with E-state index in [9.17, 15) is 9.18 Å². The molecule has 0 saturated heterocycles. The normalized spacial score (nSPS) is 9.74. The number of amides is 1. The molecule has 94 valence electrons.